The number of sulfonamides is 1. The van der Waals surface area contributed by atoms with E-state index >= 15 is 0 Å². The van der Waals surface area contributed by atoms with Gasteiger partial charge in [-0.15, -0.1) is 0 Å². The number of ether oxygens (including phenoxy) is 1. The fourth-order valence-corrected chi connectivity index (χ4v) is 2.79. The van der Waals surface area contributed by atoms with Gasteiger partial charge in [-0.1, -0.05) is 5.16 Å². The van der Waals surface area contributed by atoms with Gasteiger partial charge in [0.25, 0.3) is 15.9 Å². The molecule has 0 radical (unpaired) electrons. The summed E-state index contributed by atoms with van der Waals surface area (Å²) in [5.41, 5.74) is 0.115. The standard InChI is InChI=1S/C13H15N3O5S/c1-8-6-12(15-21-8)16-22(18,19)9-4-5-11(20-3)10(7-9)13(17)14-2/h4-7H,1-3H3,(H,14,17)(H,15,16). The molecule has 9 heteroatoms. The van der Waals surface area contributed by atoms with Crippen LogP contribution < -0.4 is 14.8 Å². The zero-order valence-corrected chi connectivity index (χ0v) is 13.0. The number of methoxy groups -OCH3 is 1. The quantitative estimate of drug-likeness (QED) is 0.853. The Hall–Kier alpha value is -2.55. The second-order valence-corrected chi connectivity index (χ2v) is 6.05. The molecule has 0 fully saturated rings. The number of carbonyl (C=O) groups excluding carboxylic acids is 1. The molecule has 0 saturated carbocycles. The Bertz CT molecular complexity index is 798. The molecule has 1 aromatic heterocycles. The zero-order valence-electron chi connectivity index (χ0n) is 12.2. The van der Waals surface area contributed by atoms with Gasteiger partial charge < -0.3 is 14.6 Å². The minimum atomic E-state index is -3.90. The number of rotatable bonds is 5. The molecule has 1 amide bonds. The predicted molar refractivity (Wildman–Crippen MR) is 78.4 cm³/mol. The van der Waals surface area contributed by atoms with Crippen molar-refractivity contribution >= 4 is 21.7 Å². The van der Waals surface area contributed by atoms with Gasteiger partial charge in [-0.05, 0) is 25.1 Å². The van der Waals surface area contributed by atoms with Gasteiger partial charge in [0.1, 0.15) is 11.5 Å². The zero-order chi connectivity index (χ0) is 16.3. The minimum absolute atomic E-state index is 0.0646. The van der Waals surface area contributed by atoms with E-state index in [1.165, 1.54) is 38.4 Å². The van der Waals surface area contributed by atoms with Crippen LogP contribution in [0.4, 0.5) is 5.82 Å². The average molecular weight is 325 g/mol. The van der Waals surface area contributed by atoms with Crippen molar-refractivity contribution in [3.05, 3.63) is 35.6 Å². The number of anilines is 1. The summed E-state index contributed by atoms with van der Waals surface area (Å²) >= 11 is 0. The molecule has 118 valence electrons. The maximum Gasteiger partial charge on any atom is 0.263 e. The van der Waals surface area contributed by atoms with Crippen LogP contribution >= 0.6 is 0 Å². The van der Waals surface area contributed by atoms with E-state index in [2.05, 4.69) is 15.2 Å². The molecule has 0 atom stereocenters. The number of hydrogen-bond donors (Lipinski definition) is 2. The number of nitrogens with one attached hydrogen (secondary N) is 2. The number of aromatic nitrogens is 1. The van der Waals surface area contributed by atoms with Gasteiger partial charge in [0.2, 0.25) is 0 Å². The lowest BCUT2D eigenvalue weighted by atomic mass is 10.2. The topological polar surface area (TPSA) is 111 Å². The number of hydrogen-bond acceptors (Lipinski definition) is 6. The molecule has 0 spiro atoms. The molecular weight excluding hydrogens is 310 g/mol. The molecule has 22 heavy (non-hydrogen) atoms. The Morgan fingerprint density at radius 3 is 2.59 bits per heavy atom. The summed E-state index contributed by atoms with van der Waals surface area (Å²) in [5, 5.41) is 5.99. The number of nitrogens with zero attached hydrogens (tertiary/aromatic N) is 1. The predicted octanol–water partition coefficient (Wildman–Crippen LogP) is 1.15. The van der Waals surface area contributed by atoms with Gasteiger partial charge in [-0.3, -0.25) is 9.52 Å². The number of benzene rings is 1. The number of aryl methyl sites for hydroxylation is 1. The summed E-state index contributed by atoms with van der Waals surface area (Å²) in [6.07, 6.45) is 0. The third-order valence-electron chi connectivity index (χ3n) is 2.82. The van der Waals surface area contributed by atoms with E-state index in [0.717, 1.165) is 0 Å². The maximum atomic E-state index is 12.3. The third-order valence-corrected chi connectivity index (χ3v) is 4.17. The van der Waals surface area contributed by atoms with Crippen LogP contribution in [0.15, 0.2) is 33.7 Å². The molecule has 1 heterocycles. The minimum Gasteiger partial charge on any atom is -0.496 e. The second kappa shape index (κ2) is 6.06. The van der Waals surface area contributed by atoms with Gasteiger partial charge >= 0.3 is 0 Å². The van der Waals surface area contributed by atoms with Crippen LogP contribution in [0.5, 0.6) is 5.75 Å². The van der Waals surface area contributed by atoms with E-state index in [9.17, 15) is 13.2 Å². The molecule has 2 aromatic rings. The van der Waals surface area contributed by atoms with E-state index in [0.29, 0.717) is 5.76 Å². The molecular formula is C13H15N3O5S. The Morgan fingerprint density at radius 2 is 2.05 bits per heavy atom. The molecule has 2 rings (SSSR count). The normalized spacial score (nSPS) is 11.0. The lowest BCUT2D eigenvalue weighted by Gasteiger charge is -2.10. The lowest BCUT2D eigenvalue weighted by molar-refractivity contribution is 0.0960. The molecule has 2 N–H and O–H groups in total. The van der Waals surface area contributed by atoms with Crippen molar-refractivity contribution in [1.82, 2.24) is 10.5 Å². The van der Waals surface area contributed by atoms with Crippen LogP contribution in [-0.4, -0.2) is 33.6 Å². The number of amides is 1. The van der Waals surface area contributed by atoms with Gasteiger partial charge in [0.05, 0.1) is 17.6 Å². The molecule has 0 bridgehead atoms. The summed E-state index contributed by atoms with van der Waals surface area (Å²) < 4.78 is 36.7. The van der Waals surface area contributed by atoms with Crippen LogP contribution in [0.3, 0.4) is 0 Å². The Morgan fingerprint density at radius 1 is 1.32 bits per heavy atom. The summed E-state index contributed by atoms with van der Waals surface area (Å²) in [4.78, 5) is 11.7. The van der Waals surface area contributed by atoms with Crippen molar-refractivity contribution in [2.75, 3.05) is 18.9 Å². The highest BCUT2D eigenvalue weighted by atomic mass is 32.2. The van der Waals surface area contributed by atoms with Crippen molar-refractivity contribution in [2.45, 2.75) is 11.8 Å². The molecule has 0 saturated heterocycles. The van der Waals surface area contributed by atoms with Crippen LogP contribution in [0.2, 0.25) is 0 Å². The monoisotopic (exact) mass is 325 g/mol. The largest absolute Gasteiger partial charge is 0.496 e. The van der Waals surface area contributed by atoms with Crippen molar-refractivity contribution < 1.29 is 22.5 Å². The molecule has 8 nitrogen and oxygen atoms in total. The highest BCUT2D eigenvalue weighted by molar-refractivity contribution is 7.92. The molecule has 0 aliphatic heterocycles. The first-order valence-corrected chi connectivity index (χ1v) is 7.72. The van der Waals surface area contributed by atoms with Gasteiger partial charge in [0.15, 0.2) is 5.82 Å². The SMILES string of the molecule is CNC(=O)c1cc(S(=O)(=O)Nc2cc(C)on2)ccc1OC. The summed E-state index contributed by atoms with van der Waals surface area (Å²) in [5.74, 6) is 0.357. The smallest absolute Gasteiger partial charge is 0.263 e. The van der Waals surface area contributed by atoms with Gasteiger partial charge in [-0.25, -0.2) is 8.42 Å². The summed E-state index contributed by atoms with van der Waals surface area (Å²) in [6.45, 7) is 1.64. The van der Waals surface area contributed by atoms with E-state index < -0.39 is 15.9 Å². The van der Waals surface area contributed by atoms with Crippen molar-refractivity contribution in [3.63, 3.8) is 0 Å². The molecule has 1 aromatic carbocycles. The Balaban J connectivity index is 2.40. The fourth-order valence-electron chi connectivity index (χ4n) is 1.78. The Labute approximate surface area is 127 Å². The Kier molecular flexibility index (Phi) is 4.36. The highest BCUT2D eigenvalue weighted by Crippen LogP contribution is 2.24. The second-order valence-electron chi connectivity index (χ2n) is 4.37. The highest BCUT2D eigenvalue weighted by Gasteiger charge is 2.20. The van der Waals surface area contributed by atoms with E-state index in [4.69, 9.17) is 9.26 Å². The molecule has 0 unspecified atom stereocenters. The summed E-state index contributed by atoms with van der Waals surface area (Å²) in [7, 11) is -1.06. The summed E-state index contributed by atoms with van der Waals surface area (Å²) in [6, 6.07) is 5.42. The van der Waals surface area contributed by atoms with Crippen LogP contribution in [0.1, 0.15) is 16.1 Å². The average Bonchev–Trinajstić information content (AvgIpc) is 2.90. The fraction of sp³-hybridized carbons (Fsp3) is 0.231. The van der Waals surface area contributed by atoms with E-state index in [1.54, 1.807) is 6.92 Å². The van der Waals surface area contributed by atoms with Crippen LogP contribution in [0, 0.1) is 6.92 Å². The maximum absolute atomic E-state index is 12.3. The van der Waals surface area contributed by atoms with E-state index in [-0.39, 0.29) is 22.0 Å². The van der Waals surface area contributed by atoms with Crippen LogP contribution in [-0.2, 0) is 10.0 Å². The first-order chi connectivity index (χ1) is 10.4. The van der Waals surface area contributed by atoms with E-state index in [1.807, 2.05) is 0 Å². The number of carbonyl (C=O) groups is 1. The van der Waals surface area contributed by atoms with Gasteiger partial charge in [0, 0.05) is 13.1 Å². The van der Waals surface area contributed by atoms with Crippen LogP contribution in [0.25, 0.3) is 0 Å². The van der Waals surface area contributed by atoms with Crippen molar-refractivity contribution in [1.29, 1.82) is 0 Å². The van der Waals surface area contributed by atoms with Crippen molar-refractivity contribution in [3.8, 4) is 5.75 Å². The first kappa shape index (κ1) is 15.8. The molecule has 0 aliphatic carbocycles. The third kappa shape index (κ3) is 3.19. The molecule has 0 aliphatic rings. The lowest BCUT2D eigenvalue weighted by Crippen LogP contribution is -2.20. The first-order valence-electron chi connectivity index (χ1n) is 6.23. The van der Waals surface area contributed by atoms with Gasteiger partial charge in [-0.2, -0.15) is 0 Å². The van der Waals surface area contributed by atoms with Crippen molar-refractivity contribution in [2.24, 2.45) is 0 Å².